The molecule has 0 bridgehead atoms. The topological polar surface area (TPSA) is 65.8 Å². The number of pyridine rings is 1. The van der Waals surface area contributed by atoms with Gasteiger partial charge in [-0.1, -0.05) is 6.07 Å². The summed E-state index contributed by atoms with van der Waals surface area (Å²) in [5, 5.41) is 14.1. The van der Waals surface area contributed by atoms with E-state index in [1.165, 1.54) is 11.3 Å². The van der Waals surface area contributed by atoms with Crippen LogP contribution >= 0.6 is 12.2 Å². The molecule has 194 valence electrons. The Morgan fingerprint density at radius 1 is 0.921 bits per heavy atom. The Morgan fingerprint density at radius 2 is 1.61 bits per heavy atom. The molecule has 8 heteroatoms. The number of ether oxygens (including phenoxy) is 1. The van der Waals surface area contributed by atoms with Crippen LogP contribution in [0.15, 0.2) is 79.0 Å². The third-order valence-corrected chi connectivity index (χ3v) is 7.81. The number of anilines is 2. The van der Waals surface area contributed by atoms with Crippen molar-refractivity contribution in [3.63, 3.8) is 0 Å². The second kappa shape index (κ2) is 10.1. The molecule has 0 saturated carbocycles. The highest BCUT2D eigenvalue weighted by Crippen LogP contribution is 2.44. The molecule has 0 aliphatic carbocycles. The number of hydrogen-bond acceptors (Lipinski definition) is 5. The van der Waals surface area contributed by atoms with Crippen LogP contribution in [0.3, 0.4) is 0 Å². The van der Waals surface area contributed by atoms with E-state index in [1.54, 1.807) is 12.1 Å². The number of rotatable bonds is 5. The number of benzene rings is 2. The second-order valence-electron chi connectivity index (χ2n) is 9.79. The zero-order valence-electron chi connectivity index (χ0n) is 21.5. The summed E-state index contributed by atoms with van der Waals surface area (Å²) in [6.07, 6.45) is 1.83. The highest BCUT2D eigenvalue weighted by molar-refractivity contribution is 7.80. The number of nitrogens with one attached hydrogen (secondary N) is 1. The molecular formula is C30H31N5O2S. The summed E-state index contributed by atoms with van der Waals surface area (Å²) >= 11 is 5.95. The Kier molecular flexibility index (Phi) is 6.51. The highest BCUT2D eigenvalue weighted by Gasteiger charge is 2.42. The molecule has 0 amide bonds. The summed E-state index contributed by atoms with van der Waals surface area (Å²) in [4.78, 5) is 9.28. The number of hydrogen-bond donors (Lipinski definition) is 2. The van der Waals surface area contributed by atoms with Crippen LogP contribution in [-0.4, -0.2) is 46.1 Å². The SMILES string of the molecule is Cc1cc([C@H]2[C@H](c3ccccn3)NC(=S)N2c2ccc(N3CCOCC3)cc2)c(C)n1-c1ccc(O)cc1. The largest absolute Gasteiger partial charge is 0.508 e. The normalized spacial score (nSPS) is 19.6. The minimum absolute atomic E-state index is 0.0938. The first-order valence-corrected chi connectivity index (χ1v) is 13.3. The van der Waals surface area contributed by atoms with Crippen LogP contribution in [0, 0.1) is 13.8 Å². The van der Waals surface area contributed by atoms with Crippen molar-refractivity contribution in [1.82, 2.24) is 14.9 Å². The maximum Gasteiger partial charge on any atom is 0.174 e. The number of thiocarbonyl (C=S) groups is 1. The van der Waals surface area contributed by atoms with Gasteiger partial charge in [-0.05, 0) is 98.4 Å². The van der Waals surface area contributed by atoms with E-state index < -0.39 is 0 Å². The van der Waals surface area contributed by atoms with Gasteiger partial charge in [0.1, 0.15) is 5.75 Å². The molecule has 2 atom stereocenters. The van der Waals surface area contributed by atoms with Gasteiger partial charge in [0.2, 0.25) is 0 Å². The Labute approximate surface area is 228 Å². The smallest absolute Gasteiger partial charge is 0.174 e. The summed E-state index contributed by atoms with van der Waals surface area (Å²) in [7, 11) is 0. The van der Waals surface area contributed by atoms with Crippen molar-refractivity contribution in [1.29, 1.82) is 0 Å². The number of aromatic hydroxyl groups is 1. The van der Waals surface area contributed by atoms with Crippen molar-refractivity contribution >= 4 is 28.7 Å². The molecule has 2 fully saturated rings. The average molecular weight is 526 g/mol. The summed E-state index contributed by atoms with van der Waals surface area (Å²) in [5.74, 6) is 0.253. The second-order valence-corrected chi connectivity index (χ2v) is 10.2. The minimum Gasteiger partial charge on any atom is -0.508 e. The number of phenols is 1. The molecular weight excluding hydrogens is 494 g/mol. The predicted octanol–water partition coefficient (Wildman–Crippen LogP) is 5.21. The van der Waals surface area contributed by atoms with E-state index in [0.29, 0.717) is 5.11 Å². The molecule has 2 aliphatic heterocycles. The van der Waals surface area contributed by atoms with E-state index >= 15 is 0 Å². The number of morpholine rings is 1. The fourth-order valence-electron chi connectivity index (χ4n) is 5.68. The summed E-state index contributed by atoms with van der Waals surface area (Å²) in [6, 6.07) is 24.0. The molecule has 2 aromatic heterocycles. The van der Waals surface area contributed by atoms with Gasteiger partial charge in [0.15, 0.2) is 5.11 Å². The average Bonchev–Trinajstić information content (AvgIpc) is 3.45. The molecule has 2 aliphatic rings. The first-order valence-electron chi connectivity index (χ1n) is 12.9. The van der Waals surface area contributed by atoms with Gasteiger partial charge in [0.25, 0.3) is 0 Å². The molecule has 2 saturated heterocycles. The molecule has 7 nitrogen and oxygen atoms in total. The molecule has 38 heavy (non-hydrogen) atoms. The van der Waals surface area contributed by atoms with E-state index in [1.807, 2.05) is 30.5 Å². The van der Waals surface area contributed by atoms with Crippen LogP contribution in [0.4, 0.5) is 11.4 Å². The van der Waals surface area contributed by atoms with Gasteiger partial charge in [0.05, 0.1) is 31.0 Å². The molecule has 0 radical (unpaired) electrons. The van der Waals surface area contributed by atoms with Gasteiger partial charge in [-0.15, -0.1) is 0 Å². The van der Waals surface area contributed by atoms with Crippen LogP contribution in [0.25, 0.3) is 5.69 Å². The van der Waals surface area contributed by atoms with E-state index in [-0.39, 0.29) is 17.8 Å². The lowest BCUT2D eigenvalue weighted by atomic mass is 9.96. The lowest BCUT2D eigenvalue weighted by Gasteiger charge is -2.31. The van der Waals surface area contributed by atoms with Crippen LogP contribution in [-0.2, 0) is 4.74 Å². The van der Waals surface area contributed by atoms with Crippen LogP contribution in [0.1, 0.15) is 34.7 Å². The Hall–Kier alpha value is -3.88. The van der Waals surface area contributed by atoms with E-state index in [0.717, 1.165) is 54.8 Å². The number of aryl methyl sites for hydroxylation is 1. The maximum absolute atomic E-state index is 9.82. The minimum atomic E-state index is -0.114. The van der Waals surface area contributed by atoms with Gasteiger partial charge in [0, 0.05) is 47.7 Å². The Morgan fingerprint density at radius 3 is 2.29 bits per heavy atom. The van der Waals surface area contributed by atoms with E-state index in [9.17, 15) is 5.11 Å². The first kappa shape index (κ1) is 24.5. The van der Waals surface area contributed by atoms with Crippen molar-refractivity contribution in [3.05, 3.63) is 102 Å². The number of aromatic nitrogens is 2. The van der Waals surface area contributed by atoms with Gasteiger partial charge >= 0.3 is 0 Å². The molecule has 0 unspecified atom stereocenters. The summed E-state index contributed by atoms with van der Waals surface area (Å²) in [6.45, 7) is 7.57. The van der Waals surface area contributed by atoms with Crippen molar-refractivity contribution in [2.24, 2.45) is 0 Å². The lowest BCUT2D eigenvalue weighted by Crippen LogP contribution is -2.36. The summed E-state index contributed by atoms with van der Waals surface area (Å²) < 4.78 is 7.75. The fraction of sp³-hybridized carbons (Fsp3) is 0.267. The van der Waals surface area contributed by atoms with E-state index in [4.69, 9.17) is 21.9 Å². The predicted molar refractivity (Wildman–Crippen MR) is 154 cm³/mol. The van der Waals surface area contributed by atoms with Crippen LogP contribution in [0.5, 0.6) is 5.75 Å². The third kappa shape index (κ3) is 4.40. The number of nitrogens with zero attached hydrogens (tertiary/aromatic N) is 4. The molecule has 0 spiro atoms. The zero-order chi connectivity index (χ0) is 26.2. The molecule has 4 aromatic rings. The molecule has 4 heterocycles. The van der Waals surface area contributed by atoms with Crippen molar-refractivity contribution < 1.29 is 9.84 Å². The molecule has 6 rings (SSSR count). The highest BCUT2D eigenvalue weighted by atomic mass is 32.1. The Balaban J connectivity index is 1.43. The first-order chi connectivity index (χ1) is 18.5. The van der Waals surface area contributed by atoms with Crippen molar-refractivity contribution in [2.45, 2.75) is 25.9 Å². The van der Waals surface area contributed by atoms with Gasteiger partial charge < -0.3 is 29.5 Å². The monoisotopic (exact) mass is 525 g/mol. The van der Waals surface area contributed by atoms with E-state index in [2.05, 4.69) is 69.9 Å². The third-order valence-electron chi connectivity index (χ3n) is 7.50. The standard InChI is InChI=1S/C30H31N5O2S/c1-20-19-26(21(2)34(20)23-10-12-25(36)13-11-23)29-28(27-5-3-4-14-31-27)32-30(38)35(29)24-8-6-22(7-9-24)33-15-17-37-18-16-33/h3-14,19,28-29,36H,15-18H2,1-2H3,(H,32,38)/t28-,29-/m0/s1. The van der Waals surface area contributed by atoms with Crippen molar-refractivity contribution in [2.75, 3.05) is 36.1 Å². The zero-order valence-corrected chi connectivity index (χ0v) is 22.4. The lowest BCUT2D eigenvalue weighted by molar-refractivity contribution is 0.122. The fourth-order valence-corrected chi connectivity index (χ4v) is 6.03. The molecule has 2 N–H and O–H groups in total. The van der Waals surface area contributed by atoms with Crippen LogP contribution < -0.4 is 15.1 Å². The van der Waals surface area contributed by atoms with Crippen LogP contribution in [0.2, 0.25) is 0 Å². The summed E-state index contributed by atoms with van der Waals surface area (Å²) in [5.41, 5.74) is 7.60. The van der Waals surface area contributed by atoms with Crippen molar-refractivity contribution in [3.8, 4) is 11.4 Å². The number of phenolic OH excluding ortho intramolecular Hbond substituents is 1. The van der Waals surface area contributed by atoms with Gasteiger partial charge in [-0.25, -0.2) is 0 Å². The quantitative estimate of drug-likeness (QED) is 0.347. The Bertz CT molecular complexity index is 1430. The van der Waals surface area contributed by atoms with Gasteiger partial charge in [-0.2, -0.15) is 0 Å². The van der Waals surface area contributed by atoms with Gasteiger partial charge in [-0.3, -0.25) is 4.98 Å². The molecule has 2 aromatic carbocycles. The maximum atomic E-state index is 9.82.